The molecule has 9 heteroatoms. The summed E-state index contributed by atoms with van der Waals surface area (Å²) in [6.07, 6.45) is 0.533. The number of rotatable bonds is 3. The van der Waals surface area contributed by atoms with Crippen molar-refractivity contribution in [3.05, 3.63) is 34.8 Å². The van der Waals surface area contributed by atoms with Gasteiger partial charge in [0, 0.05) is 18.5 Å². The van der Waals surface area contributed by atoms with Gasteiger partial charge in [-0.05, 0) is 23.9 Å². The minimum absolute atomic E-state index is 0.0405. The summed E-state index contributed by atoms with van der Waals surface area (Å²) < 4.78 is 1.57. The number of H-pyrrole nitrogens is 1. The largest absolute Gasteiger partial charge is 0.310 e. The Kier molecular flexibility index (Phi) is 3.65. The van der Waals surface area contributed by atoms with E-state index in [1.54, 1.807) is 29.1 Å². The van der Waals surface area contributed by atoms with E-state index in [9.17, 15) is 9.59 Å². The Morgan fingerprint density at radius 2 is 2.32 bits per heavy atom. The summed E-state index contributed by atoms with van der Waals surface area (Å²) in [4.78, 5) is 25.3. The number of thiophene rings is 1. The van der Waals surface area contributed by atoms with Gasteiger partial charge in [0.15, 0.2) is 11.5 Å². The molecule has 1 atom stereocenters. The lowest BCUT2D eigenvalue weighted by atomic mass is 9.98. The zero-order valence-corrected chi connectivity index (χ0v) is 14.5. The fraction of sp³-hybridized carbons (Fsp3) is 0.250. The van der Waals surface area contributed by atoms with Gasteiger partial charge in [-0.15, -0.1) is 11.3 Å². The maximum atomic E-state index is 12.5. The molecular weight excluding hydrogens is 340 g/mol. The molecule has 3 N–H and O–H groups in total. The molecule has 8 nitrogen and oxygen atoms in total. The minimum Gasteiger partial charge on any atom is -0.310 e. The first kappa shape index (κ1) is 15.6. The molecule has 128 valence electrons. The number of fused-ring (bicyclic) bond motifs is 1. The summed E-state index contributed by atoms with van der Waals surface area (Å²) in [7, 11) is 1.73. The third-order valence-electron chi connectivity index (χ3n) is 4.17. The third-order valence-corrected chi connectivity index (χ3v) is 5.08. The van der Waals surface area contributed by atoms with Crippen molar-refractivity contribution in [1.29, 1.82) is 0 Å². The Bertz CT molecular complexity index is 956. The molecule has 0 radical (unpaired) electrons. The van der Waals surface area contributed by atoms with Crippen molar-refractivity contribution >= 4 is 34.8 Å². The van der Waals surface area contributed by atoms with Gasteiger partial charge >= 0.3 is 0 Å². The fourth-order valence-electron chi connectivity index (χ4n) is 2.82. The summed E-state index contributed by atoms with van der Waals surface area (Å²) in [6, 6.07) is 5.61. The second-order valence-electron chi connectivity index (χ2n) is 5.99. The molecule has 3 aromatic rings. The molecule has 0 aromatic carbocycles. The van der Waals surface area contributed by atoms with Crippen LogP contribution in [0.4, 0.5) is 11.6 Å². The van der Waals surface area contributed by atoms with Crippen molar-refractivity contribution in [2.45, 2.75) is 13.3 Å². The number of hydrogen-bond donors (Lipinski definition) is 3. The highest BCUT2D eigenvalue weighted by Gasteiger charge is 2.29. The van der Waals surface area contributed by atoms with Gasteiger partial charge in [-0.25, -0.2) is 0 Å². The summed E-state index contributed by atoms with van der Waals surface area (Å²) in [5.41, 5.74) is 1.91. The molecule has 0 aliphatic carbocycles. The van der Waals surface area contributed by atoms with Crippen LogP contribution in [0.1, 0.15) is 23.0 Å². The van der Waals surface area contributed by atoms with E-state index in [-0.39, 0.29) is 23.4 Å². The van der Waals surface area contributed by atoms with Gasteiger partial charge in [-0.2, -0.15) is 10.2 Å². The average Bonchev–Trinajstić information content (AvgIpc) is 3.30. The first-order chi connectivity index (χ1) is 12.0. The third kappa shape index (κ3) is 2.72. The lowest BCUT2D eigenvalue weighted by molar-refractivity contribution is -0.119. The molecule has 25 heavy (non-hydrogen) atoms. The van der Waals surface area contributed by atoms with Crippen molar-refractivity contribution in [3.8, 4) is 10.6 Å². The van der Waals surface area contributed by atoms with Crippen LogP contribution in [0, 0.1) is 5.92 Å². The number of carbonyl (C=O) groups excluding carboxylic acids is 2. The molecule has 0 fully saturated rings. The highest BCUT2D eigenvalue weighted by atomic mass is 32.1. The molecular formula is C16H16N6O2S. The second kappa shape index (κ2) is 5.85. The van der Waals surface area contributed by atoms with Gasteiger partial charge in [0.2, 0.25) is 5.91 Å². The lowest BCUT2D eigenvalue weighted by Gasteiger charge is -2.19. The molecule has 4 heterocycles. The van der Waals surface area contributed by atoms with Gasteiger partial charge in [0.05, 0.1) is 10.6 Å². The predicted octanol–water partition coefficient (Wildman–Crippen LogP) is 2.25. The van der Waals surface area contributed by atoms with Crippen molar-refractivity contribution in [1.82, 2.24) is 20.0 Å². The standard InChI is InChI=1S/C16H16N6O2S/c1-8-6-9-13(21-22(2)14(9)18-15(8)23)17-16(24)11-7-10(19-20-11)12-4-3-5-25-12/h3-5,7-8H,6H2,1-2H3,(H,18,23)(H,19,20)(H,17,21,24). The number of aromatic nitrogens is 4. The van der Waals surface area contributed by atoms with Gasteiger partial charge in [0.25, 0.3) is 5.91 Å². The number of amides is 2. The van der Waals surface area contributed by atoms with Crippen LogP contribution in [0.3, 0.4) is 0 Å². The highest BCUT2D eigenvalue weighted by Crippen LogP contribution is 2.31. The second-order valence-corrected chi connectivity index (χ2v) is 6.94. The fourth-order valence-corrected chi connectivity index (χ4v) is 3.52. The zero-order valence-electron chi connectivity index (χ0n) is 13.7. The Labute approximate surface area is 147 Å². The van der Waals surface area contributed by atoms with Gasteiger partial charge < -0.3 is 10.6 Å². The number of carbonyl (C=O) groups is 2. The van der Waals surface area contributed by atoms with E-state index in [1.807, 2.05) is 24.4 Å². The number of nitrogens with zero attached hydrogens (tertiary/aromatic N) is 3. The van der Waals surface area contributed by atoms with Crippen LogP contribution in [0.25, 0.3) is 10.6 Å². The molecule has 0 saturated carbocycles. The maximum absolute atomic E-state index is 12.5. The van der Waals surface area contributed by atoms with E-state index in [0.717, 1.165) is 16.1 Å². The molecule has 0 bridgehead atoms. The van der Waals surface area contributed by atoms with Crippen LogP contribution in [0.2, 0.25) is 0 Å². The minimum atomic E-state index is -0.343. The Morgan fingerprint density at radius 3 is 3.08 bits per heavy atom. The van der Waals surface area contributed by atoms with Crippen LogP contribution in [-0.4, -0.2) is 31.8 Å². The predicted molar refractivity (Wildman–Crippen MR) is 94.6 cm³/mol. The van der Waals surface area contributed by atoms with Crippen LogP contribution in [0.15, 0.2) is 23.6 Å². The SMILES string of the molecule is CC1Cc2c(NC(=O)c3cc(-c4cccs4)[nH]n3)nn(C)c2NC1=O. The quantitative estimate of drug-likeness (QED) is 0.669. The monoisotopic (exact) mass is 356 g/mol. The van der Waals surface area contributed by atoms with Crippen LogP contribution < -0.4 is 10.6 Å². The smallest absolute Gasteiger partial charge is 0.277 e. The Morgan fingerprint density at radius 1 is 1.48 bits per heavy atom. The topological polar surface area (TPSA) is 105 Å². The summed E-state index contributed by atoms with van der Waals surface area (Å²) >= 11 is 1.57. The molecule has 3 aromatic heterocycles. The molecule has 4 rings (SSSR count). The number of nitrogens with one attached hydrogen (secondary N) is 3. The number of aromatic amines is 1. The maximum Gasteiger partial charge on any atom is 0.277 e. The Balaban J connectivity index is 1.58. The van der Waals surface area contributed by atoms with Crippen LogP contribution >= 0.6 is 11.3 Å². The summed E-state index contributed by atoms with van der Waals surface area (Å²) in [5.74, 6) is 0.531. The highest BCUT2D eigenvalue weighted by molar-refractivity contribution is 7.13. The van der Waals surface area contributed by atoms with Gasteiger partial charge in [-0.1, -0.05) is 13.0 Å². The van der Waals surface area contributed by atoms with Crippen molar-refractivity contribution in [3.63, 3.8) is 0 Å². The molecule has 1 aliphatic rings. The number of aryl methyl sites for hydroxylation is 1. The molecule has 2 amide bonds. The summed E-state index contributed by atoms with van der Waals surface area (Å²) in [6.45, 7) is 1.85. The van der Waals surface area contributed by atoms with Crippen LogP contribution in [-0.2, 0) is 18.3 Å². The Hall–Kier alpha value is -2.94. The van der Waals surface area contributed by atoms with E-state index in [4.69, 9.17) is 0 Å². The van der Waals surface area contributed by atoms with E-state index in [0.29, 0.717) is 18.1 Å². The lowest BCUT2D eigenvalue weighted by Crippen LogP contribution is -2.28. The van der Waals surface area contributed by atoms with Crippen LogP contribution in [0.5, 0.6) is 0 Å². The van der Waals surface area contributed by atoms with E-state index in [1.165, 1.54) is 0 Å². The number of anilines is 2. The first-order valence-corrected chi connectivity index (χ1v) is 8.68. The van der Waals surface area contributed by atoms with E-state index >= 15 is 0 Å². The molecule has 0 saturated heterocycles. The summed E-state index contributed by atoms with van der Waals surface area (Å²) in [5, 5.41) is 18.9. The molecule has 0 spiro atoms. The average molecular weight is 356 g/mol. The van der Waals surface area contributed by atoms with Crippen molar-refractivity contribution in [2.75, 3.05) is 10.6 Å². The van der Waals surface area contributed by atoms with Gasteiger partial charge in [0.1, 0.15) is 5.82 Å². The van der Waals surface area contributed by atoms with Crippen molar-refractivity contribution in [2.24, 2.45) is 13.0 Å². The molecule has 1 aliphatic heterocycles. The first-order valence-electron chi connectivity index (χ1n) is 7.80. The van der Waals surface area contributed by atoms with E-state index < -0.39 is 0 Å². The van der Waals surface area contributed by atoms with Crippen molar-refractivity contribution < 1.29 is 9.59 Å². The van der Waals surface area contributed by atoms with E-state index in [2.05, 4.69) is 25.9 Å². The molecule has 1 unspecified atom stereocenters. The normalized spacial score (nSPS) is 16.4. The number of hydrogen-bond acceptors (Lipinski definition) is 5. The zero-order chi connectivity index (χ0) is 17.6. The van der Waals surface area contributed by atoms with Gasteiger partial charge in [-0.3, -0.25) is 19.4 Å².